The second-order valence-corrected chi connectivity index (χ2v) is 6.03. The average molecular weight is 292 g/mol. The number of rotatable bonds is 3. The van der Waals surface area contributed by atoms with Gasteiger partial charge in [-0.2, -0.15) is 0 Å². The molecule has 4 nitrogen and oxygen atoms in total. The molecule has 0 amide bonds. The lowest BCUT2D eigenvalue weighted by molar-refractivity contribution is -0.136. The predicted octanol–water partition coefficient (Wildman–Crippen LogP) is 1.97. The Morgan fingerprint density at radius 1 is 1.29 bits per heavy atom. The summed E-state index contributed by atoms with van der Waals surface area (Å²) in [6.07, 6.45) is 2.46. The Bertz CT molecular complexity index is 497. The molecular formula is C17H24O4. The molecular weight excluding hydrogens is 268 g/mol. The number of ketones is 1. The molecule has 0 aromatic rings. The Morgan fingerprint density at radius 2 is 1.90 bits per heavy atom. The molecule has 5 atom stereocenters. The number of carbonyl (C=O) groups excluding carboxylic acids is 2. The highest BCUT2D eigenvalue weighted by atomic mass is 16.5. The van der Waals surface area contributed by atoms with Gasteiger partial charge in [-0.1, -0.05) is 19.8 Å². The first-order chi connectivity index (χ1) is 9.77. The minimum Gasteiger partial charge on any atom is -0.466 e. The molecule has 1 fully saturated rings. The molecule has 0 saturated heterocycles. The number of allylic oxidation sites excluding steroid dienone is 1. The average Bonchev–Trinajstić information content (AvgIpc) is 2.42. The van der Waals surface area contributed by atoms with Gasteiger partial charge in [-0.25, -0.2) is 4.79 Å². The molecule has 21 heavy (non-hydrogen) atoms. The predicted molar refractivity (Wildman–Crippen MR) is 80.2 cm³/mol. The van der Waals surface area contributed by atoms with Crippen molar-refractivity contribution in [2.75, 3.05) is 7.11 Å². The van der Waals surface area contributed by atoms with Crippen LogP contribution in [0.5, 0.6) is 0 Å². The summed E-state index contributed by atoms with van der Waals surface area (Å²) in [6, 6.07) is 0. The molecule has 1 aliphatic carbocycles. The zero-order valence-electron chi connectivity index (χ0n) is 13.3. The number of aliphatic hydroxyl groups excluding tert-OH is 1. The van der Waals surface area contributed by atoms with E-state index in [0.29, 0.717) is 0 Å². The summed E-state index contributed by atoms with van der Waals surface area (Å²) in [5.74, 6) is 4.85. The lowest BCUT2D eigenvalue weighted by atomic mass is 9.57. The Hall–Kier alpha value is -1.60. The summed E-state index contributed by atoms with van der Waals surface area (Å²) in [6.45, 7) is 7.50. The normalized spacial score (nSPS) is 35.9. The fourth-order valence-electron chi connectivity index (χ4n) is 3.54. The molecule has 0 heterocycles. The Kier molecular flexibility index (Phi) is 5.74. The van der Waals surface area contributed by atoms with Crippen LogP contribution in [0.25, 0.3) is 0 Å². The summed E-state index contributed by atoms with van der Waals surface area (Å²) < 4.78 is 4.50. The van der Waals surface area contributed by atoms with Crippen molar-refractivity contribution in [1.82, 2.24) is 0 Å². The van der Waals surface area contributed by atoms with Crippen LogP contribution in [0.2, 0.25) is 0 Å². The zero-order valence-corrected chi connectivity index (χ0v) is 13.3. The summed E-state index contributed by atoms with van der Waals surface area (Å²) in [5, 5.41) is 10.5. The fourth-order valence-corrected chi connectivity index (χ4v) is 3.54. The molecule has 1 rings (SSSR count). The van der Waals surface area contributed by atoms with Crippen molar-refractivity contribution < 1.29 is 19.4 Å². The maximum absolute atomic E-state index is 12.5. The number of methoxy groups -OCH3 is 1. The molecule has 0 radical (unpaired) electrons. The first kappa shape index (κ1) is 17.5. The number of esters is 1. The third-order valence-electron chi connectivity index (χ3n) is 4.40. The van der Waals surface area contributed by atoms with Crippen LogP contribution in [0.4, 0.5) is 0 Å². The summed E-state index contributed by atoms with van der Waals surface area (Å²) in [5.41, 5.74) is -0.802. The Balaban J connectivity index is 3.15. The molecule has 1 saturated carbocycles. The van der Waals surface area contributed by atoms with E-state index in [1.807, 2.05) is 20.8 Å². The van der Waals surface area contributed by atoms with Gasteiger partial charge in [-0.05, 0) is 38.2 Å². The Labute approximate surface area is 126 Å². The maximum Gasteiger partial charge on any atom is 0.330 e. The van der Waals surface area contributed by atoms with Crippen LogP contribution < -0.4 is 0 Å². The summed E-state index contributed by atoms with van der Waals surface area (Å²) in [4.78, 5) is 23.6. The van der Waals surface area contributed by atoms with Gasteiger partial charge in [0, 0.05) is 12.0 Å². The molecule has 1 aliphatic rings. The third-order valence-corrected chi connectivity index (χ3v) is 4.40. The van der Waals surface area contributed by atoms with Crippen molar-refractivity contribution in [2.24, 2.45) is 23.2 Å². The Morgan fingerprint density at radius 3 is 2.43 bits per heavy atom. The van der Waals surface area contributed by atoms with Gasteiger partial charge in [0.1, 0.15) is 0 Å². The first-order valence-corrected chi connectivity index (χ1v) is 7.19. The first-order valence-electron chi connectivity index (χ1n) is 7.19. The quantitative estimate of drug-likeness (QED) is 0.491. The highest BCUT2D eigenvalue weighted by molar-refractivity contribution is 5.98. The van der Waals surface area contributed by atoms with Crippen LogP contribution in [0.3, 0.4) is 0 Å². The molecule has 0 aromatic carbocycles. The topological polar surface area (TPSA) is 63.6 Å². The molecule has 0 bridgehead atoms. The van der Waals surface area contributed by atoms with Gasteiger partial charge < -0.3 is 9.84 Å². The number of ether oxygens (including phenoxy) is 1. The monoisotopic (exact) mass is 292 g/mol. The molecule has 116 valence electrons. The molecule has 0 unspecified atom stereocenters. The fraction of sp³-hybridized carbons (Fsp3) is 0.647. The highest BCUT2D eigenvalue weighted by Gasteiger charge is 2.51. The third kappa shape index (κ3) is 3.54. The van der Waals surface area contributed by atoms with Crippen molar-refractivity contribution in [2.45, 2.75) is 40.2 Å². The highest BCUT2D eigenvalue weighted by Crippen LogP contribution is 2.47. The van der Waals surface area contributed by atoms with Crippen LogP contribution in [0.15, 0.2) is 12.2 Å². The van der Waals surface area contributed by atoms with Crippen molar-refractivity contribution >= 4 is 11.8 Å². The van der Waals surface area contributed by atoms with E-state index in [-0.39, 0.29) is 17.6 Å². The number of carbonyl (C=O) groups is 2. The zero-order chi connectivity index (χ0) is 16.2. The largest absolute Gasteiger partial charge is 0.466 e. The van der Waals surface area contributed by atoms with Gasteiger partial charge in [0.05, 0.1) is 18.6 Å². The minimum absolute atomic E-state index is 0.0829. The van der Waals surface area contributed by atoms with Crippen molar-refractivity contribution in [3.63, 3.8) is 0 Å². The molecule has 0 spiro atoms. The summed E-state index contributed by atoms with van der Waals surface area (Å²) in [7, 11) is 1.26. The molecule has 0 aliphatic heterocycles. The summed E-state index contributed by atoms with van der Waals surface area (Å²) >= 11 is 0. The van der Waals surface area contributed by atoms with Crippen molar-refractivity contribution in [3.8, 4) is 11.8 Å². The van der Waals surface area contributed by atoms with Crippen LogP contribution in [0.1, 0.15) is 34.1 Å². The lowest BCUT2D eigenvalue weighted by Gasteiger charge is -2.47. The van der Waals surface area contributed by atoms with Crippen LogP contribution in [-0.2, 0) is 14.3 Å². The van der Waals surface area contributed by atoms with Gasteiger partial charge in [0.25, 0.3) is 0 Å². The van der Waals surface area contributed by atoms with E-state index in [4.69, 9.17) is 0 Å². The van der Waals surface area contributed by atoms with Crippen LogP contribution >= 0.6 is 0 Å². The van der Waals surface area contributed by atoms with Gasteiger partial charge in [-0.15, -0.1) is 5.92 Å². The number of hydrogen-bond acceptors (Lipinski definition) is 4. The van der Waals surface area contributed by atoms with E-state index in [1.54, 1.807) is 6.92 Å². The maximum atomic E-state index is 12.5. The van der Waals surface area contributed by atoms with Crippen molar-refractivity contribution in [3.05, 3.63) is 12.2 Å². The van der Waals surface area contributed by atoms with E-state index < -0.39 is 23.4 Å². The lowest BCUT2D eigenvalue weighted by Crippen LogP contribution is -2.52. The standard InChI is InChI=1S/C17H24O4/c1-6-9-17(4)15(11(2)10-12(3)16(17)20)13(18)7-8-14(19)21-5/h7-8,11-12,15-16,20H,10H2,1-5H3/b8-7-/t11-,12+,15-,16-,17-/m0/s1. The van der Waals surface area contributed by atoms with E-state index in [2.05, 4.69) is 16.6 Å². The van der Waals surface area contributed by atoms with E-state index in [1.165, 1.54) is 13.2 Å². The van der Waals surface area contributed by atoms with E-state index in [9.17, 15) is 14.7 Å². The van der Waals surface area contributed by atoms with Gasteiger partial charge in [0.15, 0.2) is 5.78 Å². The van der Waals surface area contributed by atoms with Crippen LogP contribution in [0, 0.1) is 35.0 Å². The molecule has 1 N–H and O–H groups in total. The second kappa shape index (κ2) is 6.91. The molecule has 0 aromatic heterocycles. The smallest absolute Gasteiger partial charge is 0.330 e. The van der Waals surface area contributed by atoms with Crippen LogP contribution in [-0.4, -0.2) is 30.1 Å². The number of hydrogen-bond donors (Lipinski definition) is 1. The number of aliphatic hydroxyl groups is 1. The van der Waals surface area contributed by atoms with Crippen molar-refractivity contribution in [1.29, 1.82) is 0 Å². The van der Waals surface area contributed by atoms with Gasteiger partial charge in [0.2, 0.25) is 0 Å². The van der Waals surface area contributed by atoms with Gasteiger partial charge >= 0.3 is 5.97 Å². The molecule has 4 heteroatoms. The van der Waals surface area contributed by atoms with Gasteiger partial charge in [-0.3, -0.25) is 4.79 Å². The minimum atomic E-state index is -0.802. The van der Waals surface area contributed by atoms with E-state index in [0.717, 1.165) is 12.5 Å². The second-order valence-electron chi connectivity index (χ2n) is 6.03. The van der Waals surface area contributed by atoms with E-state index >= 15 is 0 Å². The SMILES string of the molecule is CC#C[C@@]1(C)[C@H](C(=O)/C=C\C(=O)OC)[C@@H](C)C[C@@H](C)[C@@H]1O.